The topological polar surface area (TPSA) is 141 Å². The van der Waals surface area contributed by atoms with E-state index in [0.29, 0.717) is 18.4 Å². The maximum absolute atomic E-state index is 13.3. The highest BCUT2D eigenvalue weighted by molar-refractivity contribution is 6.76. The second-order valence-corrected chi connectivity index (χ2v) is 21.5. The number of aliphatic hydroxyl groups excluding tert-OH is 1. The molecule has 0 aromatic heterocycles. The van der Waals surface area contributed by atoms with Crippen LogP contribution in [0.1, 0.15) is 105 Å². The zero-order valence-electron chi connectivity index (χ0n) is 33.7. The third-order valence-corrected chi connectivity index (χ3v) is 12.5. The second kappa shape index (κ2) is 24.4. The molecule has 2 rings (SSSR count). The molecule has 3 unspecified atom stereocenters. The summed E-state index contributed by atoms with van der Waals surface area (Å²) < 4.78 is 27.0. The predicted octanol–water partition coefficient (Wildman–Crippen LogP) is 5.60. The molecule has 0 bridgehead atoms. The summed E-state index contributed by atoms with van der Waals surface area (Å²) in [4.78, 5) is 55.1. The Hall–Kier alpha value is -2.06. The third-order valence-electron chi connectivity index (χ3n) is 10.6. The maximum atomic E-state index is 13.3. The van der Waals surface area contributed by atoms with Crippen molar-refractivity contribution >= 4 is 32.0 Å². The van der Waals surface area contributed by atoms with Gasteiger partial charge in [-0.15, -0.1) is 0 Å². The van der Waals surface area contributed by atoms with Gasteiger partial charge >= 0.3 is 23.9 Å². The van der Waals surface area contributed by atoms with Gasteiger partial charge in [0.2, 0.25) is 0 Å². The minimum atomic E-state index is -1.16. The van der Waals surface area contributed by atoms with Crippen LogP contribution < -0.4 is 0 Å². The molecule has 2 saturated carbocycles. The van der Waals surface area contributed by atoms with Crippen molar-refractivity contribution < 1.29 is 48.0 Å². The van der Waals surface area contributed by atoms with Crippen LogP contribution in [0, 0.1) is 11.8 Å². The Morgan fingerprint density at radius 3 is 1.63 bits per heavy atom. The van der Waals surface area contributed by atoms with E-state index in [2.05, 4.69) is 19.6 Å². The fraction of sp³-hybridized carbons (Fsp3) is 0.897. The highest BCUT2D eigenvalue weighted by atomic mass is 28.3. The minimum Gasteiger partial charge on any atom is -0.466 e. The molecule has 1 N–H and O–H groups in total. The van der Waals surface area contributed by atoms with Gasteiger partial charge in [0.15, 0.2) is 0 Å². The average molecular weight is 757 g/mol. The summed E-state index contributed by atoms with van der Waals surface area (Å²) in [5.74, 6) is -0.540. The molecule has 0 aliphatic heterocycles. The van der Waals surface area contributed by atoms with Crippen molar-refractivity contribution in [3.05, 3.63) is 0 Å². The average Bonchev–Trinajstić information content (AvgIpc) is 3.09. The summed E-state index contributed by atoms with van der Waals surface area (Å²) in [5, 5.41) is 11.1. The second-order valence-electron chi connectivity index (χ2n) is 15.9. The van der Waals surface area contributed by atoms with Gasteiger partial charge in [-0.2, -0.15) is 0 Å². The van der Waals surface area contributed by atoms with Gasteiger partial charge < -0.3 is 28.8 Å². The SMILES string of the molecule is CCOC(=O)CC(C(=O)OCC)N(C)C1CCC(CC2CCC(N(CC(O)COCCC[Si](C)(C)C)C(CC(=O)OCC)C(=O)OCC)CC2)CC1. The van der Waals surface area contributed by atoms with E-state index in [4.69, 9.17) is 23.7 Å². The smallest absolute Gasteiger partial charge is 0.323 e. The number of ether oxygens (including phenoxy) is 5. The Balaban J connectivity index is 2.02. The van der Waals surface area contributed by atoms with Gasteiger partial charge in [0, 0.05) is 33.3 Å². The molecule has 2 fully saturated rings. The van der Waals surface area contributed by atoms with Crippen molar-refractivity contribution in [1.82, 2.24) is 9.80 Å². The van der Waals surface area contributed by atoms with Crippen LogP contribution in [0.15, 0.2) is 0 Å². The normalized spacial score (nSPS) is 22.8. The van der Waals surface area contributed by atoms with Gasteiger partial charge in [0.25, 0.3) is 0 Å². The lowest BCUT2D eigenvalue weighted by molar-refractivity contribution is -0.158. The number of hydrogen-bond acceptors (Lipinski definition) is 12. The van der Waals surface area contributed by atoms with Crippen LogP contribution in [0.2, 0.25) is 25.7 Å². The largest absolute Gasteiger partial charge is 0.466 e. The number of rotatable bonds is 24. The van der Waals surface area contributed by atoms with Crippen LogP contribution in [0.25, 0.3) is 0 Å². The van der Waals surface area contributed by atoms with Gasteiger partial charge in [-0.05, 0) is 111 Å². The van der Waals surface area contributed by atoms with E-state index in [0.717, 1.165) is 70.3 Å². The quantitative estimate of drug-likeness (QED) is 0.0567. The zero-order valence-corrected chi connectivity index (χ0v) is 34.7. The molecule has 302 valence electrons. The highest BCUT2D eigenvalue weighted by Gasteiger charge is 2.39. The van der Waals surface area contributed by atoms with E-state index in [9.17, 15) is 24.3 Å². The Bertz CT molecular complexity index is 1060. The van der Waals surface area contributed by atoms with Crippen molar-refractivity contribution in [2.45, 2.75) is 161 Å². The minimum absolute atomic E-state index is 0.0110. The van der Waals surface area contributed by atoms with Crippen LogP contribution in [0.4, 0.5) is 0 Å². The number of nitrogens with zero attached hydrogens (tertiary/aromatic N) is 2. The van der Waals surface area contributed by atoms with Crippen LogP contribution in [0.3, 0.4) is 0 Å². The molecule has 0 aromatic carbocycles. The van der Waals surface area contributed by atoms with E-state index in [-0.39, 0.29) is 76.4 Å². The van der Waals surface area contributed by atoms with Crippen LogP contribution >= 0.6 is 0 Å². The number of aliphatic hydroxyl groups is 1. The zero-order chi connectivity index (χ0) is 38.7. The predicted molar refractivity (Wildman–Crippen MR) is 204 cm³/mol. The summed E-state index contributed by atoms with van der Waals surface area (Å²) in [6.45, 7) is 16.0. The lowest BCUT2D eigenvalue weighted by atomic mass is 9.75. The Kier molecular flexibility index (Phi) is 21.6. The lowest BCUT2D eigenvalue weighted by Gasteiger charge is -2.42. The fourth-order valence-electron chi connectivity index (χ4n) is 7.94. The van der Waals surface area contributed by atoms with E-state index in [1.54, 1.807) is 27.7 Å². The summed E-state index contributed by atoms with van der Waals surface area (Å²) in [6.07, 6.45) is 8.92. The molecule has 3 atom stereocenters. The maximum Gasteiger partial charge on any atom is 0.323 e. The molecule has 52 heavy (non-hydrogen) atoms. The molecule has 0 amide bonds. The first kappa shape index (κ1) is 46.1. The number of carbonyl (C=O) groups excluding carboxylic acids is 4. The molecule has 0 spiro atoms. The number of hydrogen-bond donors (Lipinski definition) is 1. The van der Waals surface area contributed by atoms with Gasteiger partial charge in [0.05, 0.1) is 52.0 Å². The van der Waals surface area contributed by atoms with Gasteiger partial charge in [-0.3, -0.25) is 29.0 Å². The highest BCUT2D eigenvalue weighted by Crippen LogP contribution is 2.38. The first-order valence-corrected chi connectivity index (χ1v) is 23.8. The van der Waals surface area contributed by atoms with E-state index in [1.807, 2.05) is 16.8 Å². The van der Waals surface area contributed by atoms with E-state index >= 15 is 0 Å². The monoisotopic (exact) mass is 756 g/mol. The van der Waals surface area contributed by atoms with Gasteiger partial charge in [-0.25, -0.2) is 0 Å². The van der Waals surface area contributed by atoms with E-state index < -0.39 is 38.2 Å². The fourth-order valence-corrected chi connectivity index (χ4v) is 9.14. The van der Waals surface area contributed by atoms with Gasteiger partial charge in [-0.1, -0.05) is 25.7 Å². The summed E-state index contributed by atoms with van der Waals surface area (Å²) in [7, 11) is 0.754. The molecule has 0 aromatic rings. The van der Waals surface area contributed by atoms with Crippen molar-refractivity contribution in [2.75, 3.05) is 53.2 Å². The molecule has 2 aliphatic carbocycles. The molecule has 12 nitrogen and oxygen atoms in total. The third kappa shape index (κ3) is 16.9. The molecule has 0 radical (unpaired) electrons. The summed E-state index contributed by atoms with van der Waals surface area (Å²) >= 11 is 0. The molecular formula is C39H72N2O10Si. The Morgan fingerprint density at radius 2 is 1.15 bits per heavy atom. The van der Waals surface area contributed by atoms with E-state index in [1.165, 1.54) is 0 Å². The summed E-state index contributed by atoms with van der Waals surface area (Å²) in [6, 6.07) is -0.114. The Labute approximate surface area is 315 Å². The Morgan fingerprint density at radius 1 is 0.692 bits per heavy atom. The number of carbonyl (C=O) groups is 4. The molecular weight excluding hydrogens is 685 g/mol. The molecule has 0 heterocycles. The molecule has 13 heteroatoms. The number of likely N-dealkylation sites (N-methyl/N-ethyl adjacent to an activating group) is 1. The van der Waals surface area contributed by atoms with Crippen molar-refractivity contribution in [3.63, 3.8) is 0 Å². The first-order valence-electron chi connectivity index (χ1n) is 20.1. The molecule has 2 aliphatic rings. The van der Waals surface area contributed by atoms with Crippen LogP contribution in [-0.4, -0.2) is 130 Å². The van der Waals surface area contributed by atoms with Crippen molar-refractivity contribution in [1.29, 1.82) is 0 Å². The van der Waals surface area contributed by atoms with Crippen molar-refractivity contribution in [3.8, 4) is 0 Å². The van der Waals surface area contributed by atoms with Crippen LogP contribution in [-0.2, 0) is 42.9 Å². The van der Waals surface area contributed by atoms with Crippen LogP contribution in [0.5, 0.6) is 0 Å². The molecule has 0 saturated heterocycles. The standard InChI is InChI=1S/C39H72N2O10Si/c1-9-48-36(43)25-34(38(45)50-11-3)40(5)31-18-14-29(15-19-31)24-30-16-20-32(21-17-30)41(27-33(42)28-47-22-13-23-52(6,7)8)35(39(46)51-12-4)26-37(44)49-10-2/h29-35,42H,9-28H2,1-8H3. The van der Waals surface area contributed by atoms with Crippen molar-refractivity contribution in [2.24, 2.45) is 11.8 Å². The number of esters is 4. The van der Waals surface area contributed by atoms with Gasteiger partial charge in [0.1, 0.15) is 12.1 Å². The first-order chi connectivity index (χ1) is 24.7. The lowest BCUT2D eigenvalue weighted by Crippen LogP contribution is -2.53. The summed E-state index contributed by atoms with van der Waals surface area (Å²) in [5.41, 5.74) is 0.